The first-order chi connectivity index (χ1) is 11.8. The van der Waals surface area contributed by atoms with E-state index in [0.717, 1.165) is 6.42 Å². The Morgan fingerprint density at radius 1 is 1.20 bits per heavy atom. The maximum absolute atomic E-state index is 12.2. The van der Waals surface area contributed by atoms with Crippen LogP contribution in [0, 0.1) is 0 Å². The van der Waals surface area contributed by atoms with E-state index in [1.807, 2.05) is 6.07 Å². The predicted molar refractivity (Wildman–Crippen MR) is 85.2 cm³/mol. The van der Waals surface area contributed by atoms with Gasteiger partial charge in [0, 0.05) is 18.8 Å². The first kappa shape index (κ1) is 18.9. The summed E-state index contributed by atoms with van der Waals surface area (Å²) in [6.07, 6.45) is -3.46. The molecule has 0 bridgehead atoms. The molecular formula is C16H20F3N3O3. The van der Waals surface area contributed by atoms with E-state index >= 15 is 0 Å². The van der Waals surface area contributed by atoms with Gasteiger partial charge in [-0.1, -0.05) is 18.2 Å². The third-order valence-electron chi connectivity index (χ3n) is 3.75. The van der Waals surface area contributed by atoms with Gasteiger partial charge in [0.2, 0.25) is 0 Å². The van der Waals surface area contributed by atoms with Crippen LogP contribution in [0.25, 0.3) is 0 Å². The van der Waals surface area contributed by atoms with Crippen molar-refractivity contribution < 1.29 is 27.5 Å². The molecule has 25 heavy (non-hydrogen) atoms. The topological polar surface area (TPSA) is 70.7 Å². The van der Waals surface area contributed by atoms with Crippen LogP contribution in [0.1, 0.15) is 19.3 Å². The van der Waals surface area contributed by atoms with Gasteiger partial charge in [0.1, 0.15) is 0 Å². The number of amides is 3. The summed E-state index contributed by atoms with van der Waals surface area (Å²) in [5, 5.41) is 5.27. The molecule has 0 saturated carbocycles. The Hall–Kier alpha value is -2.45. The van der Waals surface area contributed by atoms with Gasteiger partial charge < -0.3 is 20.3 Å². The predicted octanol–water partition coefficient (Wildman–Crippen LogP) is 3.36. The van der Waals surface area contributed by atoms with E-state index in [1.165, 1.54) is 4.90 Å². The molecule has 0 aromatic heterocycles. The molecule has 3 amide bonds. The number of nitrogens with one attached hydrogen (secondary N) is 2. The monoisotopic (exact) mass is 359 g/mol. The average Bonchev–Trinajstić information content (AvgIpc) is 2.58. The van der Waals surface area contributed by atoms with Gasteiger partial charge in [-0.25, -0.2) is 9.59 Å². The van der Waals surface area contributed by atoms with Gasteiger partial charge in [-0.2, -0.15) is 13.2 Å². The SMILES string of the molecule is O=C(NC[C@@H]1CCCCN1C(=O)OCC(F)(F)F)Nc1ccccc1. The molecule has 1 aliphatic heterocycles. The van der Waals surface area contributed by atoms with Crippen molar-refractivity contribution in [1.29, 1.82) is 0 Å². The van der Waals surface area contributed by atoms with Gasteiger partial charge in [0.15, 0.2) is 6.61 Å². The highest BCUT2D eigenvalue weighted by atomic mass is 19.4. The van der Waals surface area contributed by atoms with E-state index in [9.17, 15) is 22.8 Å². The lowest BCUT2D eigenvalue weighted by atomic mass is 10.0. The van der Waals surface area contributed by atoms with Crippen LogP contribution in [0.4, 0.5) is 28.4 Å². The van der Waals surface area contributed by atoms with Crippen LogP contribution in [0.5, 0.6) is 0 Å². The van der Waals surface area contributed by atoms with Crippen LogP contribution in [0.3, 0.4) is 0 Å². The first-order valence-electron chi connectivity index (χ1n) is 7.95. The van der Waals surface area contributed by atoms with Crippen molar-refractivity contribution in [1.82, 2.24) is 10.2 Å². The Balaban J connectivity index is 1.83. The third kappa shape index (κ3) is 6.52. The quantitative estimate of drug-likeness (QED) is 0.866. The first-order valence-corrected chi connectivity index (χ1v) is 7.95. The number of carbonyl (C=O) groups excluding carboxylic acids is 2. The lowest BCUT2D eigenvalue weighted by Crippen LogP contribution is -2.50. The number of piperidine rings is 1. The number of halogens is 3. The molecule has 1 atom stereocenters. The Labute approximate surface area is 143 Å². The Morgan fingerprint density at radius 2 is 1.92 bits per heavy atom. The molecule has 1 saturated heterocycles. The minimum Gasteiger partial charge on any atom is -0.440 e. The number of para-hydroxylation sites is 1. The second kappa shape index (κ2) is 8.59. The third-order valence-corrected chi connectivity index (χ3v) is 3.75. The lowest BCUT2D eigenvalue weighted by Gasteiger charge is -2.35. The van der Waals surface area contributed by atoms with Crippen LogP contribution >= 0.6 is 0 Å². The number of likely N-dealkylation sites (tertiary alicyclic amines) is 1. The summed E-state index contributed by atoms with van der Waals surface area (Å²) in [6, 6.07) is 7.97. The molecule has 1 aromatic rings. The molecule has 138 valence electrons. The summed E-state index contributed by atoms with van der Waals surface area (Å²) in [6.45, 7) is -1.17. The van der Waals surface area contributed by atoms with Crippen molar-refractivity contribution in [2.24, 2.45) is 0 Å². The van der Waals surface area contributed by atoms with Crippen LogP contribution in [0.2, 0.25) is 0 Å². The standard InChI is InChI=1S/C16H20F3N3O3/c17-16(18,19)11-25-15(24)22-9-5-4-8-13(22)10-20-14(23)21-12-6-2-1-3-7-12/h1-3,6-7,13H,4-5,8-11H2,(H2,20,21,23)/t13-/m0/s1. The summed E-state index contributed by atoms with van der Waals surface area (Å²) in [7, 11) is 0. The number of ether oxygens (including phenoxy) is 1. The molecule has 1 aliphatic rings. The number of rotatable bonds is 4. The van der Waals surface area contributed by atoms with Crippen LogP contribution in [-0.4, -0.2) is 48.9 Å². The highest BCUT2D eigenvalue weighted by Crippen LogP contribution is 2.20. The van der Waals surface area contributed by atoms with Gasteiger partial charge in [0.05, 0.1) is 6.04 Å². The zero-order valence-corrected chi connectivity index (χ0v) is 13.5. The van der Waals surface area contributed by atoms with E-state index < -0.39 is 30.9 Å². The van der Waals surface area contributed by atoms with Crippen molar-refractivity contribution in [2.75, 3.05) is 25.0 Å². The van der Waals surface area contributed by atoms with E-state index in [4.69, 9.17) is 0 Å². The van der Waals surface area contributed by atoms with Gasteiger partial charge in [0.25, 0.3) is 0 Å². The molecule has 2 N–H and O–H groups in total. The van der Waals surface area contributed by atoms with E-state index in [-0.39, 0.29) is 6.54 Å². The molecule has 1 fully saturated rings. The van der Waals surface area contributed by atoms with Crippen molar-refractivity contribution in [3.8, 4) is 0 Å². The summed E-state index contributed by atoms with van der Waals surface area (Å²) < 4.78 is 40.9. The molecule has 2 rings (SSSR count). The molecule has 0 aliphatic carbocycles. The number of benzene rings is 1. The number of carbonyl (C=O) groups is 2. The fraction of sp³-hybridized carbons (Fsp3) is 0.500. The molecule has 0 radical (unpaired) electrons. The van der Waals surface area contributed by atoms with E-state index in [0.29, 0.717) is 25.1 Å². The zero-order chi connectivity index (χ0) is 18.3. The Kier molecular flexibility index (Phi) is 6.49. The van der Waals surface area contributed by atoms with Gasteiger partial charge in [-0.15, -0.1) is 0 Å². The second-order valence-electron chi connectivity index (χ2n) is 5.71. The Morgan fingerprint density at radius 3 is 2.60 bits per heavy atom. The van der Waals surface area contributed by atoms with Gasteiger partial charge in [-0.3, -0.25) is 0 Å². The maximum Gasteiger partial charge on any atom is 0.422 e. The summed E-state index contributed by atoms with van der Waals surface area (Å²) in [5.74, 6) is 0. The summed E-state index contributed by atoms with van der Waals surface area (Å²) in [5.41, 5.74) is 0.616. The minimum absolute atomic E-state index is 0.139. The number of nitrogens with zero attached hydrogens (tertiary/aromatic N) is 1. The van der Waals surface area contributed by atoms with Crippen LogP contribution in [-0.2, 0) is 4.74 Å². The van der Waals surface area contributed by atoms with Crippen molar-refractivity contribution in [2.45, 2.75) is 31.5 Å². The minimum atomic E-state index is -4.56. The highest BCUT2D eigenvalue weighted by molar-refractivity contribution is 5.89. The van der Waals surface area contributed by atoms with Crippen LogP contribution < -0.4 is 10.6 Å². The number of hydrogen-bond donors (Lipinski definition) is 2. The molecule has 9 heteroatoms. The molecular weight excluding hydrogens is 339 g/mol. The smallest absolute Gasteiger partial charge is 0.422 e. The number of alkyl halides is 3. The largest absolute Gasteiger partial charge is 0.440 e. The van der Waals surface area contributed by atoms with Crippen molar-refractivity contribution >= 4 is 17.8 Å². The fourth-order valence-electron chi connectivity index (χ4n) is 2.59. The average molecular weight is 359 g/mol. The number of urea groups is 1. The van der Waals surface area contributed by atoms with Crippen LogP contribution in [0.15, 0.2) is 30.3 Å². The number of anilines is 1. The molecule has 1 heterocycles. The zero-order valence-electron chi connectivity index (χ0n) is 13.5. The molecule has 6 nitrogen and oxygen atoms in total. The fourth-order valence-corrected chi connectivity index (χ4v) is 2.59. The lowest BCUT2D eigenvalue weighted by molar-refractivity contribution is -0.163. The Bertz CT molecular complexity index is 581. The summed E-state index contributed by atoms with van der Waals surface area (Å²) >= 11 is 0. The van der Waals surface area contributed by atoms with Crippen molar-refractivity contribution in [3.63, 3.8) is 0 Å². The van der Waals surface area contributed by atoms with Gasteiger partial charge >= 0.3 is 18.3 Å². The summed E-state index contributed by atoms with van der Waals surface area (Å²) in [4.78, 5) is 25.0. The normalized spacial score (nSPS) is 17.7. The molecule has 1 aromatic carbocycles. The van der Waals surface area contributed by atoms with Gasteiger partial charge in [-0.05, 0) is 31.4 Å². The highest BCUT2D eigenvalue weighted by Gasteiger charge is 2.33. The van der Waals surface area contributed by atoms with E-state index in [2.05, 4.69) is 15.4 Å². The van der Waals surface area contributed by atoms with Crippen molar-refractivity contribution in [3.05, 3.63) is 30.3 Å². The molecule has 0 spiro atoms. The molecule has 0 unspecified atom stereocenters. The number of hydrogen-bond acceptors (Lipinski definition) is 3. The maximum atomic E-state index is 12.2. The second-order valence-corrected chi connectivity index (χ2v) is 5.71. The van der Waals surface area contributed by atoms with E-state index in [1.54, 1.807) is 24.3 Å².